The largest absolute Gasteiger partial charge is 0.352 e. The first-order valence-electron chi connectivity index (χ1n) is 11.1. The maximum atomic E-state index is 13.2. The normalized spacial score (nSPS) is 15.2. The van der Waals surface area contributed by atoms with Gasteiger partial charge in [-0.15, -0.1) is 11.8 Å². The van der Waals surface area contributed by atoms with Crippen LogP contribution in [0.4, 0.5) is 0 Å². The summed E-state index contributed by atoms with van der Waals surface area (Å²) in [6.07, 6.45) is 5.53. The molecule has 1 fully saturated rings. The average molecular weight is 494 g/mol. The highest BCUT2D eigenvalue weighted by Crippen LogP contribution is 2.22. The van der Waals surface area contributed by atoms with E-state index in [1.54, 1.807) is 17.9 Å². The fraction of sp³-hybridized carbons (Fsp3) is 0.440. The Kier molecular flexibility index (Phi) is 9.76. The van der Waals surface area contributed by atoms with E-state index in [0.717, 1.165) is 36.8 Å². The molecule has 32 heavy (non-hydrogen) atoms. The summed E-state index contributed by atoms with van der Waals surface area (Å²) in [5, 5.41) is 4.47. The molecule has 0 aliphatic heterocycles. The molecular weight excluding hydrogens is 463 g/mol. The molecule has 0 spiro atoms. The number of hydrogen-bond acceptors (Lipinski definition) is 3. The summed E-state index contributed by atoms with van der Waals surface area (Å²) in [6, 6.07) is 14.7. The fourth-order valence-electron chi connectivity index (χ4n) is 3.93. The number of amides is 2. The molecule has 3 rings (SSSR count). The molecule has 1 N–H and O–H groups in total. The number of rotatable bonds is 9. The zero-order valence-corrected chi connectivity index (χ0v) is 20.7. The van der Waals surface area contributed by atoms with Gasteiger partial charge in [-0.1, -0.05) is 72.8 Å². The summed E-state index contributed by atoms with van der Waals surface area (Å²) in [5.41, 5.74) is 1.90. The van der Waals surface area contributed by atoms with Gasteiger partial charge in [0.1, 0.15) is 6.04 Å². The van der Waals surface area contributed by atoms with Crippen molar-refractivity contribution in [3.63, 3.8) is 0 Å². The summed E-state index contributed by atoms with van der Waals surface area (Å²) in [7, 11) is 0. The monoisotopic (exact) mass is 492 g/mol. The number of halogens is 2. The predicted octanol–water partition coefficient (Wildman–Crippen LogP) is 6.09. The van der Waals surface area contributed by atoms with Gasteiger partial charge >= 0.3 is 0 Å². The van der Waals surface area contributed by atoms with Gasteiger partial charge in [0, 0.05) is 28.4 Å². The Morgan fingerprint density at radius 1 is 1.09 bits per heavy atom. The van der Waals surface area contributed by atoms with Crippen LogP contribution in [0.2, 0.25) is 10.0 Å². The van der Waals surface area contributed by atoms with Crippen molar-refractivity contribution in [3.8, 4) is 0 Å². The molecule has 1 aliphatic carbocycles. The van der Waals surface area contributed by atoms with Crippen molar-refractivity contribution < 1.29 is 9.59 Å². The van der Waals surface area contributed by atoms with Gasteiger partial charge < -0.3 is 10.2 Å². The molecule has 2 aromatic rings. The first kappa shape index (κ1) is 24.9. The van der Waals surface area contributed by atoms with E-state index in [-0.39, 0.29) is 23.6 Å². The van der Waals surface area contributed by atoms with Gasteiger partial charge in [-0.25, -0.2) is 0 Å². The smallest absolute Gasteiger partial charge is 0.242 e. The molecule has 1 aliphatic rings. The van der Waals surface area contributed by atoms with Crippen molar-refractivity contribution >= 4 is 46.8 Å². The number of hydrogen-bond donors (Lipinski definition) is 1. The highest BCUT2D eigenvalue weighted by Gasteiger charge is 2.28. The topological polar surface area (TPSA) is 49.4 Å². The highest BCUT2D eigenvalue weighted by molar-refractivity contribution is 7.99. The molecule has 2 amide bonds. The van der Waals surface area contributed by atoms with E-state index in [2.05, 4.69) is 5.32 Å². The van der Waals surface area contributed by atoms with Crippen LogP contribution in [0.15, 0.2) is 48.5 Å². The van der Waals surface area contributed by atoms with Crippen molar-refractivity contribution in [2.24, 2.45) is 0 Å². The summed E-state index contributed by atoms with van der Waals surface area (Å²) in [6.45, 7) is 2.14. The lowest BCUT2D eigenvalue weighted by Crippen LogP contribution is -2.50. The van der Waals surface area contributed by atoms with Gasteiger partial charge in [-0.05, 0) is 49.1 Å². The van der Waals surface area contributed by atoms with Crippen LogP contribution in [0, 0.1) is 0 Å². The summed E-state index contributed by atoms with van der Waals surface area (Å²) in [5.74, 6) is 0.739. The van der Waals surface area contributed by atoms with Crippen LogP contribution >= 0.6 is 35.0 Å². The number of carbonyl (C=O) groups is 2. The van der Waals surface area contributed by atoms with E-state index in [1.165, 1.54) is 18.2 Å². The second-order valence-corrected chi connectivity index (χ2v) is 10.1. The van der Waals surface area contributed by atoms with E-state index < -0.39 is 6.04 Å². The zero-order valence-electron chi connectivity index (χ0n) is 18.4. The van der Waals surface area contributed by atoms with E-state index in [9.17, 15) is 9.59 Å². The maximum Gasteiger partial charge on any atom is 0.242 e. The Bertz CT molecular complexity index is 918. The van der Waals surface area contributed by atoms with Crippen LogP contribution in [0.25, 0.3) is 0 Å². The number of benzene rings is 2. The van der Waals surface area contributed by atoms with E-state index in [4.69, 9.17) is 23.2 Å². The minimum Gasteiger partial charge on any atom is -0.352 e. The van der Waals surface area contributed by atoms with Crippen LogP contribution in [-0.2, 0) is 21.9 Å². The lowest BCUT2D eigenvalue weighted by atomic mass is 9.95. The minimum atomic E-state index is -0.565. The molecule has 7 heteroatoms. The second kappa shape index (κ2) is 12.5. The summed E-state index contributed by atoms with van der Waals surface area (Å²) >= 11 is 13.9. The van der Waals surface area contributed by atoms with E-state index in [1.807, 2.05) is 42.5 Å². The first-order chi connectivity index (χ1) is 15.4. The van der Waals surface area contributed by atoms with Crippen LogP contribution < -0.4 is 5.32 Å². The lowest BCUT2D eigenvalue weighted by molar-refractivity contribution is -0.139. The maximum absolute atomic E-state index is 13.2. The summed E-state index contributed by atoms with van der Waals surface area (Å²) in [4.78, 5) is 27.9. The molecule has 0 radical (unpaired) electrons. The number of nitrogens with one attached hydrogen (secondary N) is 1. The lowest BCUT2D eigenvalue weighted by Gasteiger charge is -2.31. The molecular formula is C25H30Cl2N2O2S. The number of thioether (sulfide) groups is 1. The SMILES string of the molecule is CC(C(=O)NC1CCCCC1)N(Cc1cccc(Cl)c1)C(=O)CSCc1ccccc1Cl. The van der Waals surface area contributed by atoms with Gasteiger partial charge in [0.2, 0.25) is 11.8 Å². The van der Waals surface area contributed by atoms with Gasteiger partial charge in [0.05, 0.1) is 5.75 Å². The molecule has 0 saturated heterocycles. The van der Waals surface area contributed by atoms with Gasteiger partial charge in [-0.2, -0.15) is 0 Å². The third kappa shape index (κ3) is 7.43. The van der Waals surface area contributed by atoms with Crippen molar-refractivity contribution in [2.75, 3.05) is 5.75 Å². The minimum absolute atomic E-state index is 0.0756. The second-order valence-electron chi connectivity index (χ2n) is 8.26. The molecule has 4 nitrogen and oxygen atoms in total. The van der Waals surface area contributed by atoms with Crippen molar-refractivity contribution in [2.45, 2.75) is 63.4 Å². The van der Waals surface area contributed by atoms with Crippen molar-refractivity contribution in [1.82, 2.24) is 10.2 Å². The Hall–Kier alpha value is -1.69. The van der Waals surface area contributed by atoms with Crippen LogP contribution in [-0.4, -0.2) is 34.6 Å². The summed E-state index contributed by atoms with van der Waals surface area (Å²) < 4.78 is 0. The number of carbonyl (C=O) groups excluding carboxylic acids is 2. The van der Waals surface area contributed by atoms with Gasteiger partial charge in [0.25, 0.3) is 0 Å². The van der Waals surface area contributed by atoms with Crippen LogP contribution in [0.1, 0.15) is 50.2 Å². The van der Waals surface area contributed by atoms with Crippen LogP contribution in [0.5, 0.6) is 0 Å². The Morgan fingerprint density at radius 2 is 1.84 bits per heavy atom. The van der Waals surface area contributed by atoms with Crippen LogP contribution in [0.3, 0.4) is 0 Å². The zero-order chi connectivity index (χ0) is 22.9. The number of nitrogens with zero attached hydrogens (tertiary/aromatic N) is 1. The first-order valence-corrected chi connectivity index (χ1v) is 13.0. The van der Waals surface area contributed by atoms with Gasteiger partial charge in [0.15, 0.2) is 0 Å². The average Bonchev–Trinajstić information content (AvgIpc) is 2.79. The third-order valence-corrected chi connectivity index (χ3v) is 7.37. The van der Waals surface area contributed by atoms with Gasteiger partial charge in [-0.3, -0.25) is 9.59 Å². The molecule has 1 unspecified atom stereocenters. The Morgan fingerprint density at radius 3 is 2.56 bits per heavy atom. The molecule has 0 aromatic heterocycles. The van der Waals surface area contributed by atoms with E-state index in [0.29, 0.717) is 22.3 Å². The quantitative estimate of drug-likeness (QED) is 0.460. The molecule has 1 saturated carbocycles. The highest BCUT2D eigenvalue weighted by atomic mass is 35.5. The molecule has 0 heterocycles. The standard InChI is InChI=1S/C25H30Cl2N2O2S/c1-18(25(31)28-22-11-3-2-4-12-22)29(15-19-8-7-10-21(26)14-19)24(30)17-32-16-20-9-5-6-13-23(20)27/h5-10,13-14,18,22H,2-4,11-12,15-17H2,1H3,(H,28,31). The predicted molar refractivity (Wildman–Crippen MR) is 134 cm³/mol. The molecule has 172 valence electrons. The Balaban J connectivity index is 1.66. The fourth-order valence-corrected chi connectivity index (χ4v) is 5.34. The van der Waals surface area contributed by atoms with Crippen molar-refractivity contribution in [1.29, 1.82) is 0 Å². The van der Waals surface area contributed by atoms with E-state index >= 15 is 0 Å². The molecule has 1 atom stereocenters. The van der Waals surface area contributed by atoms with Crippen molar-refractivity contribution in [3.05, 3.63) is 69.7 Å². The molecule has 0 bridgehead atoms. The molecule has 2 aromatic carbocycles. The third-order valence-electron chi connectivity index (χ3n) is 5.80. The Labute approximate surface area is 205 Å².